The summed E-state index contributed by atoms with van der Waals surface area (Å²) in [7, 11) is -1.80. The molecular weight excluding hydrogens is 454 g/mol. The van der Waals surface area contributed by atoms with Gasteiger partial charge >= 0.3 is 0 Å². The van der Waals surface area contributed by atoms with Crippen LogP contribution in [0.15, 0.2) is 41.4 Å². The van der Waals surface area contributed by atoms with E-state index in [4.69, 9.17) is 0 Å². The lowest BCUT2D eigenvalue weighted by Crippen LogP contribution is -2.41. The van der Waals surface area contributed by atoms with Crippen molar-refractivity contribution < 1.29 is 18.0 Å². The third-order valence-electron chi connectivity index (χ3n) is 6.20. The van der Waals surface area contributed by atoms with E-state index in [1.54, 1.807) is 51.6 Å². The molecule has 1 N–H and O–H groups in total. The summed E-state index contributed by atoms with van der Waals surface area (Å²) in [5.41, 5.74) is 2.59. The summed E-state index contributed by atoms with van der Waals surface area (Å²) >= 11 is 0. The lowest BCUT2D eigenvalue weighted by Gasteiger charge is -2.26. The van der Waals surface area contributed by atoms with Crippen LogP contribution in [0.2, 0.25) is 0 Å². The maximum atomic E-state index is 13.0. The minimum atomic E-state index is -3.51. The van der Waals surface area contributed by atoms with Gasteiger partial charge in [-0.25, -0.2) is 13.4 Å². The summed E-state index contributed by atoms with van der Waals surface area (Å²) in [6.45, 7) is 3.65. The number of aromatic nitrogens is 1. The van der Waals surface area contributed by atoms with E-state index in [2.05, 4.69) is 10.3 Å². The predicted molar refractivity (Wildman–Crippen MR) is 130 cm³/mol. The number of carbonyl (C=O) groups excluding carboxylic acids is 2. The monoisotopic (exact) mass is 485 g/mol. The van der Waals surface area contributed by atoms with Crippen molar-refractivity contribution in [3.8, 4) is 0 Å². The number of hydrogen-bond acceptors (Lipinski definition) is 6. The zero-order valence-corrected chi connectivity index (χ0v) is 20.5. The van der Waals surface area contributed by atoms with Gasteiger partial charge in [-0.2, -0.15) is 4.31 Å². The van der Waals surface area contributed by atoms with Crippen LogP contribution in [-0.4, -0.2) is 74.2 Å². The lowest BCUT2D eigenvalue weighted by atomic mass is 10.2. The van der Waals surface area contributed by atoms with E-state index < -0.39 is 10.0 Å². The van der Waals surface area contributed by atoms with Gasteiger partial charge in [-0.15, -0.1) is 0 Å². The molecule has 0 bridgehead atoms. The van der Waals surface area contributed by atoms with Crippen molar-refractivity contribution in [2.45, 2.75) is 37.5 Å². The molecule has 0 unspecified atom stereocenters. The van der Waals surface area contributed by atoms with Crippen LogP contribution in [0.3, 0.4) is 0 Å². The highest BCUT2D eigenvalue weighted by molar-refractivity contribution is 7.89. The summed E-state index contributed by atoms with van der Waals surface area (Å²) in [5, 5.41) is 2.74. The number of benzene rings is 1. The maximum absolute atomic E-state index is 13.0. The molecule has 1 fully saturated rings. The van der Waals surface area contributed by atoms with E-state index in [0.717, 1.165) is 36.1 Å². The fourth-order valence-electron chi connectivity index (χ4n) is 4.46. The summed E-state index contributed by atoms with van der Waals surface area (Å²) < 4.78 is 27.6. The highest BCUT2D eigenvalue weighted by atomic mass is 32.2. The first-order chi connectivity index (χ1) is 16.2. The quantitative estimate of drug-likeness (QED) is 0.644. The van der Waals surface area contributed by atoms with Crippen molar-refractivity contribution >= 4 is 33.3 Å². The average Bonchev–Trinajstić information content (AvgIpc) is 3.23. The molecule has 2 amide bonds. The van der Waals surface area contributed by atoms with Crippen molar-refractivity contribution in [1.82, 2.24) is 14.2 Å². The predicted octanol–water partition coefficient (Wildman–Crippen LogP) is 2.02. The van der Waals surface area contributed by atoms with Gasteiger partial charge in [0.25, 0.3) is 0 Å². The van der Waals surface area contributed by atoms with Gasteiger partial charge in [-0.3, -0.25) is 14.5 Å². The molecule has 1 saturated heterocycles. The number of nitrogens with zero attached hydrogens (tertiary/aromatic N) is 4. The molecular formula is C24H31N5O4S. The van der Waals surface area contributed by atoms with E-state index in [1.165, 1.54) is 0 Å². The molecule has 3 heterocycles. The molecule has 34 heavy (non-hydrogen) atoms. The Morgan fingerprint density at radius 3 is 2.56 bits per heavy atom. The number of fused-ring (bicyclic) bond motifs is 1. The number of likely N-dealkylation sites (N-methyl/N-ethyl adjacent to an activating group) is 1. The van der Waals surface area contributed by atoms with Crippen molar-refractivity contribution in [1.29, 1.82) is 0 Å². The van der Waals surface area contributed by atoms with Crippen molar-refractivity contribution in [3.05, 3.63) is 47.7 Å². The Kier molecular flexibility index (Phi) is 7.30. The second kappa shape index (κ2) is 10.2. The zero-order valence-electron chi connectivity index (χ0n) is 19.7. The Morgan fingerprint density at radius 2 is 1.82 bits per heavy atom. The molecule has 1 aromatic carbocycles. The number of rotatable bonds is 7. The molecule has 1 aromatic heterocycles. The van der Waals surface area contributed by atoms with Crippen LogP contribution in [0.1, 0.15) is 30.4 Å². The van der Waals surface area contributed by atoms with Gasteiger partial charge in [0, 0.05) is 31.5 Å². The number of piperidine rings is 1. The van der Waals surface area contributed by atoms with Gasteiger partial charge in [-0.05, 0) is 74.7 Å². The third-order valence-corrected chi connectivity index (χ3v) is 8.10. The number of nitrogens with one attached hydrogen (secondary N) is 1. The number of anilines is 2. The minimum Gasteiger partial charge on any atom is -0.311 e. The smallest absolute Gasteiger partial charge is 0.243 e. The summed E-state index contributed by atoms with van der Waals surface area (Å²) in [4.78, 5) is 33.0. The molecule has 2 aliphatic rings. The number of amides is 2. The Hall–Kier alpha value is -2.82. The fraction of sp³-hybridized carbons (Fsp3) is 0.458. The van der Waals surface area contributed by atoms with E-state index >= 15 is 0 Å². The highest BCUT2D eigenvalue weighted by Gasteiger charge is 2.30. The van der Waals surface area contributed by atoms with E-state index in [-0.39, 0.29) is 24.9 Å². The SMILES string of the molecule is Cc1ccnc(NC(=O)CN(C)CC(=O)N2CCc3cc(S(=O)(=O)N4CCCCC4)ccc32)c1. The van der Waals surface area contributed by atoms with Gasteiger partial charge in [0.05, 0.1) is 18.0 Å². The lowest BCUT2D eigenvalue weighted by molar-refractivity contribution is -0.120. The zero-order chi connectivity index (χ0) is 24.3. The first-order valence-corrected chi connectivity index (χ1v) is 13.0. The first kappa shape index (κ1) is 24.3. The average molecular weight is 486 g/mol. The highest BCUT2D eigenvalue weighted by Crippen LogP contribution is 2.32. The van der Waals surface area contributed by atoms with Gasteiger partial charge in [0.2, 0.25) is 21.8 Å². The minimum absolute atomic E-state index is 0.0507. The summed E-state index contributed by atoms with van der Waals surface area (Å²) in [5.74, 6) is 0.102. The molecule has 10 heteroatoms. The van der Waals surface area contributed by atoms with Crippen LogP contribution in [0.5, 0.6) is 0 Å². The van der Waals surface area contributed by atoms with Crippen LogP contribution < -0.4 is 10.2 Å². The topological polar surface area (TPSA) is 103 Å². The normalized spacial score (nSPS) is 16.5. The Balaban J connectivity index is 1.36. The molecule has 0 aliphatic carbocycles. The molecule has 182 valence electrons. The van der Waals surface area contributed by atoms with Gasteiger partial charge < -0.3 is 10.2 Å². The van der Waals surface area contributed by atoms with Crippen LogP contribution in [0, 0.1) is 6.92 Å². The number of aryl methyl sites for hydroxylation is 1. The molecule has 2 aromatic rings. The van der Waals surface area contributed by atoms with Gasteiger partial charge in [0.15, 0.2) is 0 Å². The molecule has 0 spiro atoms. The van der Waals surface area contributed by atoms with Gasteiger partial charge in [0.1, 0.15) is 5.82 Å². The van der Waals surface area contributed by atoms with Crippen molar-refractivity contribution in [3.63, 3.8) is 0 Å². The molecule has 0 atom stereocenters. The molecule has 9 nitrogen and oxygen atoms in total. The number of carbonyl (C=O) groups is 2. The summed E-state index contributed by atoms with van der Waals surface area (Å²) in [6, 6.07) is 8.66. The summed E-state index contributed by atoms with van der Waals surface area (Å²) in [6.07, 6.45) is 5.07. The van der Waals surface area contributed by atoms with Crippen LogP contribution >= 0.6 is 0 Å². The Morgan fingerprint density at radius 1 is 1.06 bits per heavy atom. The van der Waals surface area contributed by atoms with Gasteiger partial charge in [-0.1, -0.05) is 6.42 Å². The van der Waals surface area contributed by atoms with E-state index in [0.29, 0.717) is 36.8 Å². The molecule has 2 aliphatic heterocycles. The Bertz CT molecular complexity index is 1180. The largest absolute Gasteiger partial charge is 0.311 e. The van der Waals surface area contributed by atoms with Crippen molar-refractivity contribution in [2.75, 3.05) is 50.0 Å². The Labute approximate surface area is 200 Å². The fourth-order valence-corrected chi connectivity index (χ4v) is 6.02. The molecule has 0 radical (unpaired) electrons. The standard InChI is InChI=1S/C24H31N5O4S/c1-18-8-10-25-22(14-18)26-23(30)16-27(2)17-24(31)29-13-9-19-15-20(6-7-21(19)29)34(32,33)28-11-4-3-5-12-28/h6-8,10,14-15H,3-5,9,11-13,16-17H2,1-2H3,(H,25,26,30). The number of pyridine rings is 1. The second-order valence-electron chi connectivity index (χ2n) is 8.99. The number of hydrogen-bond donors (Lipinski definition) is 1. The van der Waals surface area contributed by atoms with E-state index in [9.17, 15) is 18.0 Å². The molecule has 4 rings (SSSR count). The number of sulfonamides is 1. The van der Waals surface area contributed by atoms with Crippen LogP contribution in [0.4, 0.5) is 11.5 Å². The maximum Gasteiger partial charge on any atom is 0.243 e. The van der Waals surface area contributed by atoms with E-state index in [1.807, 2.05) is 13.0 Å². The van der Waals surface area contributed by atoms with Crippen LogP contribution in [-0.2, 0) is 26.0 Å². The van der Waals surface area contributed by atoms with Crippen LogP contribution in [0.25, 0.3) is 0 Å². The third kappa shape index (κ3) is 5.45. The second-order valence-corrected chi connectivity index (χ2v) is 10.9. The molecule has 0 saturated carbocycles. The first-order valence-electron chi connectivity index (χ1n) is 11.6. The van der Waals surface area contributed by atoms with Crippen molar-refractivity contribution in [2.24, 2.45) is 0 Å².